The lowest BCUT2D eigenvalue weighted by atomic mass is 9.97. The summed E-state index contributed by atoms with van der Waals surface area (Å²) in [6.07, 6.45) is 36.0. The summed E-state index contributed by atoms with van der Waals surface area (Å²) in [6.45, 7) is 12.5. The molecule has 0 spiro atoms. The largest absolute Gasteiger partial charge is 0.481 e. The van der Waals surface area contributed by atoms with Crippen molar-refractivity contribution in [2.45, 2.75) is 176 Å². The van der Waals surface area contributed by atoms with Crippen LogP contribution in [0.25, 0.3) is 0 Å². The third-order valence-corrected chi connectivity index (χ3v) is 7.85. The van der Waals surface area contributed by atoms with Crippen LogP contribution in [0.5, 0.6) is 0 Å². The van der Waals surface area contributed by atoms with Crippen LogP contribution in [0.3, 0.4) is 0 Å². The summed E-state index contributed by atoms with van der Waals surface area (Å²) in [7, 11) is 0. The summed E-state index contributed by atoms with van der Waals surface area (Å²) < 4.78 is 0. The summed E-state index contributed by atoms with van der Waals surface area (Å²) in [5, 5.41) is 8.94. The van der Waals surface area contributed by atoms with Gasteiger partial charge in [0, 0.05) is 25.4 Å². The average molecular weight is 546 g/mol. The molecule has 39 heavy (non-hydrogen) atoms. The van der Waals surface area contributed by atoms with Crippen molar-refractivity contribution in [1.29, 1.82) is 0 Å². The summed E-state index contributed by atoms with van der Waals surface area (Å²) in [6, 6.07) is 0. The number of allylic oxidation sites excluding steroid dienone is 3. The fourth-order valence-corrected chi connectivity index (χ4v) is 5.17. The molecule has 0 bridgehead atoms. The molecule has 0 saturated carbocycles. The van der Waals surface area contributed by atoms with E-state index in [1.54, 1.807) is 11.1 Å². The van der Waals surface area contributed by atoms with Gasteiger partial charge in [0.25, 0.3) is 0 Å². The fraction of sp³-hybridized carbons (Fsp3) is 0.806. The Kier molecular flexibility index (Phi) is 26.9. The van der Waals surface area contributed by atoms with Gasteiger partial charge in [0.2, 0.25) is 0 Å². The zero-order valence-electron chi connectivity index (χ0n) is 27.0. The van der Waals surface area contributed by atoms with Gasteiger partial charge in [-0.25, -0.2) is 0 Å². The highest BCUT2D eigenvalue weighted by Gasteiger charge is 2.11. The first-order valence-corrected chi connectivity index (χ1v) is 17.0. The second kappa shape index (κ2) is 28.0. The smallest absolute Gasteiger partial charge is 0.303 e. The minimum absolute atomic E-state index is 0.306. The highest BCUT2D eigenvalue weighted by Crippen LogP contribution is 2.21. The highest BCUT2D eigenvalue weighted by atomic mass is 16.4. The number of hydrogen-bond acceptors (Lipinski definition) is 2. The van der Waals surface area contributed by atoms with E-state index in [4.69, 9.17) is 5.11 Å². The zero-order chi connectivity index (χ0) is 29.0. The molecule has 0 aromatic rings. The number of carbonyl (C=O) groups is 1. The van der Waals surface area contributed by atoms with Gasteiger partial charge in [-0.2, -0.15) is 0 Å². The van der Waals surface area contributed by atoms with E-state index in [1.807, 2.05) is 0 Å². The number of aliphatic carboxylic acids is 1. The van der Waals surface area contributed by atoms with Gasteiger partial charge >= 0.3 is 5.97 Å². The van der Waals surface area contributed by atoms with Crippen molar-refractivity contribution in [3.05, 3.63) is 35.7 Å². The third-order valence-electron chi connectivity index (χ3n) is 7.85. The number of hydrogen-bond donors (Lipinski definition) is 1. The molecule has 1 atom stereocenters. The van der Waals surface area contributed by atoms with Crippen molar-refractivity contribution in [2.24, 2.45) is 5.92 Å². The molecule has 0 aromatic carbocycles. The number of carboxylic acids is 1. The molecule has 228 valence electrons. The van der Waals surface area contributed by atoms with E-state index in [1.165, 1.54) is 103 Å². The molecule has 1 N–H and O–H groups in total. The Labute approximate surface area is 244 Å². The van der Waals surface area contributed by atoms with Gasteiger partial charge < -0.3 is 10.0 Å². The van der Waals surface area contributed by atoms with Crippen LogP contribution in [0.15, 0.2) is 35.7 Å². The molecule has 0 aliphatic rings. The van der Waals surface area contributed by atoms with Crippen LogP contribution in [-0.4, -0.2) is 22.5 Å². The van der Waals surface area contributed by atoms with Crippen molar-refractivity contribution < 1.29 is 9.90 Å². The third kappa shape index (κ3) is 24.0. The van der Waals surface area contributed by atoms with Gasteiger partial charge in [0.15, 0.2) is 0 Å². The molecule has 0 fully saturated rings. The first kappa shape index (κ1) is 37.5. The van der Waals surface area contributed by atoms with Crippen LogP contribution in [0.4, 0.5) is 0 Å². The first-order chi connectivity index (χ1) is 19.0. The molecule has 0 aliphatic carbocycles. The molecule has 0 rings (SSSR count). The minimum Gasteiger partial charge on any atom is -0.481 e. The average Bonchev–Trinajstić information content (AvgIpc) is 2.93. The Morgan fingerprint density at radius 3 is 1.77 bits per heavy atom. The summed E-state index contributed by atoms with van der Waals surface area (Å²) in [5.41, 5.74) is 3.15. The number of nitrogens with zero attached hydrogens (tertiary/aromatic N) is 1. The van der Waals surface area contributed by atoms with Crippen molar-refractivity contribution in [1.82, 2.24) is 4.90 Å². The van der Waals surface area contributed by atoms with E-state index in [2.05, 4.69) is 64.1 Å². The first-order valence-electron chi connectivity index (χ1n) is 17.0. The van der Waals surface area contributed by atoms with Crippen LogP contribution in [-0.2, 0) is 4.79 Å². The highest BCUT2D eigenvalue weighted by molar-refractivity contribution is 5.66. The number of unbranched alkanes of at least 4 members (excludes halogenated alkanes) is 12. The van der Waals surface area contributed by atoms with E-state index in [0.717, 1.165) is 38.6 Å². The van der Waals surface area contributed by atoms with Crippen molar-refractivity contribution >= 4 is 5.97 Å². The minimum atomic E-state index is -0.666. The molecule has 0 radical (unpaired) electrons. The fourth-order valence-electron chi connectivity index (χ4n) is 5.17. The molecule has 0 aliphatic heterocycles. The Bertz CT molecular complexity index is 648. The second-order valence-electron chi connectivity index (χ2n) is 11.6. The summed E-state index contributed by atoms with van der Waals surface area (Å²) in [5.74, 6) is -0.129. The Balaban J connectivity index is 5.46. The maximum atomic E-state index is 10.9. The van der Waals surface area contributed by atoms with Gasteiger partial charge in [-0.1, -0.05) is 129 Å². The maximum absolute atomic E-state index is 10.9. The molecule has 1 unspecified atom stereocenters. The van der Waals surface area contributed by atoms with E-state index in [9.17, 15) is 4.79 Å². The standard InChI is InChI=1S/C36H67NO2/c1-6-11-14-15-16-17-18-22-27-35(28-23-19-20-24-29-36(38)39)32-37(30-33(9-4)25-13-8-3)31-34(10-5)26-21-12-7-2/h22,27,30-31,35H,6-21,23-26,28-29,32H2,1-5H3,(H,38,39)/b27-22-,33-30+,34-31-. The molecule has 3 nitrogen and oxygen atoms in total. The van der Waals surface area contributed by atoms with Crippen LogP contribution >= 0.6 is 0 Å². The van der Waals surface area contributed by atoms with Crippen molar-refractivity contribution in [2.75, 3.05) is 6.54 Å². The van der Waals surface area contributed by atoms with E-state index < -0.39 is 5.97 Å². The van der Waals surface area contributed by atoms with Gasteiger partial charge in [-0.15, -0.1) is 0 Å². The molecule has 0 amide bonds. The molecular weight excluding hydrogens is 478 g/mol. The van der Waals surface area contributed by atoms with Crippen molar-refractivity contribution in [3.63, 3.8) is 0 Å². The van der Waals surface area contributed by atoms with E-state index >= 15 is 0 Å². The van der Waals surface area contributed by atoms with Crippen LogP contribution in [0.1, 0.15) is 176 Å². The monoisotopic (exact) mass is 546 g/mol. The van der Waals surface area contributed by atoms with Gasteiger partial charge in [-0.3, -0.25) is 4.79 Å². The number of rotatable bonds is 28. The van der Waals surface area contributed by atoms with Crippen LogP contribution in [0.2, 0.25) is 0 Å². The zero-order valence-corrected chi connectivity index (χ0v) is 27.0. The van der Waals surface area contributed by atoms with E-state index in [0.29, 0.717) is 12.3 Å². The maximum Gasteiger partial charge on any atom is 0.303 e. The van der Waals surface area contributed by atoms with Gasteiger partial charge in [0.1, 0.15) is 0 Å². The lowest BCUT2D eigenvalue weighted by Crippen LogP contribution is -2.20. The Hall–Kier alpha value is -1.51. The topological polar surface area (TPSA) is 40.5 Å². The van der Waals surface area contributed by atoms with Crippen LogP contribution < -0.4 is 0 Å². The normalized spacial score (nSPS) is 13.4. The lowest BCUT2D eigenvalue weighted by Gasteiger charge is -2.25. The summed E-state index contributed by atoms with van der Waals surface area (Å²) >= 11 is 0. The molecular formula is C36H67NO2. The molecule has 3 heteroatoms. The Morgan fingerprint density at radius 1 is 0.641 bits per heavy atom. The summed E-state index contributed by atoms with van der Waals surface area (Å²) in [4.78, 5) is 13.4. The molecule has 0 aromatic heterocycles. The second-order valence-corrected chi connectivity index (χ2v) is 11.6. The van der Waals surface area contributed by atoms with Crippen molar-refractivity contribution in [3.8, 4) is 0 Å². The predicted octanol–water partition coefficient (Wildman–Crippen LogP) is 12.0. The van der Waals surface area contributed by atoms with Gasteiger partial charge in [0.05, 0.1) is 0 Å². The van der Waals surface area contributed by atoms with E-state index in [-0.39, 0.29) is 0 Å². The molecule has 0 heterocycles. The van der Waals surface area contributed by atoms with Crippen LogP contribution in [0, 0.1) is 5.92 Å². The quantitative estimate of drug-likeness (QED) is 0.0785. The van der Waals surface area contributed by atoms with Gasteiger partial charge in [-0.05, 0) is 70.1 Å². The lowest BCUT2D eigenvalue weighted by molar-refractivity contribution is -0.137. The predicted molar refractivity (Wildman–Crippen MR) is 173 cm³/mol. The number of carboxylic acid groups (broad SMARTS) is 1. The Morgan fingerprint density at radius 2 is 1.15 bits per heavy atom. The SMILES string of the molecule is CCCCCCCC/C=C\C(CCCCCCC(=O)O)CN(/C=C(/CC)CCCCC)/C=C(\CC)CCCC. The molecule has 0 saturated heterocycles.